The van der Waals surface area contributed by atoms with E-state index in [1.807, 2.05) is 0 Å². The van der Waals surface area contributed by atoms with Crippen molar-refractivity contribution in [2.45, 2.75) is 6.61 Å². The Morgan fingerprint density at radius 3 is 2.45 bits per heavy atom. The van der Waals surface area contributed by atoms with E-state index in [4.69, 9.17) is 4.74 Å². The minimum absolute atomic E-state index is 0.153. The third kappa shape index (κ3) is 2.61. The highest BCUT2D eigenvalue weighted by atomic mass is 19.1. The molecule has 0 N–H and O–H groups in total. The molecule has 7 heteroatoms. The summed E-state index contributed by atoms with van der Waals surface area (Å²) in [5, 5.41) is 0. The molecule has 0 aliphatic carbocycles. The molecule has 0 saturated heterocycles. The maximum Gasteiger partial charge on any atom is 0.330 e. The standard InChI is InChI=1S/C13H12F2N2O3/c1-16-9(6-12(18)17(2)13(16)19)7-20-11-4-3-8(14)5-10(11)15/h3-6H,7H2,1-2H3. The highest BCUT2D eigenvalue weighted by Gasteiger charge is 2.09. The number of aromatic nitrogens is 2. The second kappa shape index (κ2) is 5.28. The molecule has 0 bridgehead atoms. The molecule has 2 aromatic rings. The van der Waals surface area contributed by atoms with Gasteiger partial charge in [0.25, 0.3) is 5.56 Å². The van der Waals surface area contributed by atoms with E-state index in [0.29, 0.717) is 11.8 Å². The fourth-order valence-electron chi connectivity index (χ4n) is 1.66. The van der Waals surface area contributed by atoms with Gasteiger partial charge in [-0.1, -0.05) is 0 Å². The number of rotatable bonds is 3. The van der Waals surface area contributed by atoms with Crippen LogP contribution in [-0.2, 0) is 20.7 Å². The Morgan fingerprint density at radius 1 is 1.10 bits per heavy atom. The van der Waals surface area contributed by atoms with Crippen LogP contribution in [0.3, 0.4) is 0 Å². The van der Waals surface area contributed by atoms with Gasteiger partial charge in [0, 0.05) is 26.2 Å². The van der Waals surface area contributed by atoms with Crippen LogP contribution in [0.25, 0.3) is 0 Å². The fourth-order valence-corrected chi connectivity index (χ4v) is 1.66. The quantitative estimate of drug-likeness (QED) is 0.842. The van der Waals surface area contributed by atoms with Crippen molar-refractivity contribution < 1.29 is 13.5 Å². The van der Waals surface area contributed by atoms with Gasteiger partial charge < -0.3 is 4.74 Å². The van der Waals surface area contributed by atoms with E-state index in [1.165, 1.54) is 24.7 Å². The van der Waals surface area contributed by atoms with Crippen LogP contribution in [0.4, 0.5) is 8.78 Å². The summed E-state index contributed by atoms with van der Waals surface area (Å²) in [5.74, 6) is -1.71. The second-order valence-corrected chi connectivity index (χ2v) is 4.24. The van der Waals surface area contributed by atoms with Crippen LogP contribution in [0.2, 0.25) is 0 Å². The van der Waals surface area contributed by atoms with Crippen molar-refractivity contribution in [3.8, 4) is 5.75 Å². The molecule has 1 aromatic heterocycles. The van der Waals surface area contributed by atoms with E-state index >= 15 is 0 Å². The van der Waals surface area contributed by atoms with E-state index in [2.05, 4.69) is 0 Å². The first-order chi connectivity index (χ1) is 9.40. The fraction of sp³-hybridized carbons (Fsp3) is 0.231. The van der Waals surface area contributed by atoms with Crippen LogP contribution >= 0.6 is 0 Å². The van der Waals surface area contributed by atoms with Crippen LogP contribution in [0.15, 0.2) is 33.9 Å². The lowest BCUT2D eigenvalue weighted by molar-refractivity contribution is 0.278. The summed E-state index contributed by atoms with van der Waals surface area (Å²) in [6.07, 6.45) is 0. The number of hydrogen-bond donors (Lipinski definition) is 0. The lowest BCUT2D eigenvalue weighted by Crippen LogP contribution is -2.38. The summed E-state index contributed by atoms with van der Waals surface area (Å²) in [4.78, 5) is 23.2. The molecule has 0 saturated carbocycles. The molecule has 0 radical (unpaired) electrons. The molecule has 20 heavy (non-hydrogen) atoms. The molecule has 1 aromatic carbocycles. The normalized spacial score (nSPS) is 10.6. The van der Waals surface area contributed by atoms with E-state index in [-0.39, 0.29) is 12.4 Å². The summed E-state index contributed by atoms with van der Waals surface area (Å²) in [5.41, 5.74) is -0.691. The van der Waals surface area contributed by atoms with Crippen molar-refractivity contribution >= 4 is 0 Å². The zero-order valence-corrected chi connectivity index (χ0v) is 10.9. The molecule has 106 valence electrons. The van der Waals surface area contributed by atoms with Crippen molar-refractivity contribution in [3.05, 3.63) is 62.4 Å². The van der Waals surface area contributed by atoms with Crippen molar-refractivity contribution in [2.24, 2.45) is 14.1 Å². The number of halogens is 2. The van der Waals surface area contributed by atoms with Gasteiger partial charge in [-0.3, -0.25) is 13.9 Å². The first kappa shape index (κ1) is 14.0. The average molecular weight is 282 g/mol. The molecule has 0 aliphatic heterocycles. The minimum atomic E-state index is -0.848. The van der Waals surface area contributed by atoms with Gasteiger partial charge in [0.2, 0.25) is 0 Å². The predicted molar refractivity (Wildman–Crippen MR) is 67.6 cm³/mol. The summed E-state index contributed by atoms with van der Waals surface area (Å²) in [7, 11) is 2.83. The van der Waals surface area contributed by atoms with Gasteiger partial charge in [0.05, 0.1) is 5.69 Å². The Morgan fingerprint density at radius 2 is 1.80 bits per heavy atom. The van der Waals surface area contributed by atoms with E-state index in [0.717, 1.165) is 16.7 Å². The van der Waals surface area contributed by atoms with Crippen LogP contribution < -0.4 is 16.0 Å². The molecular formula is C13H12F2N2O3. The number of ether oxygens (including phenoxy) is 1. The smallest absolute Gasteiger partial charge is 0.330 e. The van der Waals surface area contributed by atoms with Gasteiger partial charge in [-0.2, -0.15) is 0 Å². The second-order valence-electron chi connectivity index (χ2n) is 4.24. The highest BCUT2D eigenvalue weighted by Crippen LogP contribution is 2.18. The monoisotopic (exact) mass is 282 g/mol. The Labute approximate surface area is 112 Å². The maximum absolute atomic E-state index is 13.4. The number of benzene rings is 1. The van der Waals surface area contributed by atoms with Gasteiger partial charge in [-0.25, -0.2) is 13.6 Å². The highest BCUT2D eigenvalue weighted by molar-refractivity contribution is 5.24. The molecule has 0 amide bonds. The van der Waals surface area contributed by atoms with Gasteiger partial charge in [-0.05, 0) is 12.1 Å². The zero-order valence-electron chi connectivity index (χ0n) is 10.9. The van der Waals surface area contributed by atoms with Crippen LogP contribution in [-0.4, -0.2) is 9.13 Å². The van der Waals surface area contributed by atoms with Gasteiger partial charge >= 0.3 is 5.69 Å². The molecule has 5 nitrogen and oxygen atoms in total. The van der Waals surface area contributed by atoms with Crippen molar-refractivity contribution in [1.29, 1.82) is 0 Å². The van der Waals surface area contributed by atoms with E-state index in [9.17, 15) is 18.4 Å². The third-order valence-corrected chi connectivity index (χ3v) is 2.89. The lowest BCUT2D eigenvalue weighted by Gasteiger charge is -2.11. The summed E-state index contributed by atoms with van der Waals surface area (Å²) in [6.45, 7) is -0.176. The lowest BCUT2D eigenvalue weighted by atomic mass is 10.3. The minimum Gasteiger partial charge on any atom is -0.484 e. The molecular weight excluding hydrogens is 270 g/mol. The van der Waals surface area contributed by atoms with Crippen LogP contribution in [0, 0.1) is 11.6 Å². The molecule has 0 fully saturated rings. The molecule has 0 aliphatic rings. The van der Waals surface area contributed by atoms with E-state index in [1.54, 1.807) is 0 Å². The molecule has 0 atom stereocenters. The maximum atomic E-state index is 13.4. The Hall–Kier alpha value is -2.44. The Kier molecular flexibility index (Phi) is 3.69. The molecule has 2 rings (SSSR count). The SMILES string of the molecule is Cn1c(COc2ccc(F)cc2F)cc(=O)n(C)c1=O. The number of nitrogens with zero attached hydrogens (tertiary/aromatic N) is 2. The molecule has 1 heterocycles. The van der Waals surface area contributed by atoms with Crippen molar-refractivity contribution in [3.63, 3.8) is 0 Å². The third-order valence-electron chi connectivity index (χ3n) is 2.89. The van der Waals surface area contributed by atoms with Gasteiger partial charge in [0.15, 0.2) is 11.6 Å². The predicted octanol–water partition coefficient (Wildman–Crippen LogP) is 0.941. The van der Waals surface area contributed by atoms with E-state index < -0.39 is 22.9 Å². The van der Waals surface area contributed by atoms with Crippen LogP contribution in [0.5, 0.6) is 5.75 Å². The van der Waals surface area contributed by atoms with Gasteiger partial charge in [-0.15, -0.1) is 0 Å². The summed E-state index contributed by atoms with van der Waals surface area (Å²) < 4.78 is 33.4. The number of hydrogen-bond acceptors (Lipinski definition) is 3. The molecule has 0 unspecified atom stereocenters. The largest absolute Gasteiger partial charge is 0.484 e. The topological polar surface area (TPSA) is 53.2 Å². The zero-order chi connectivity index (χ0) is 14.9. The summed E-state index contributed by atoms with van der Waals surface area (Å²) in [6, 6.07) is 4.12. The Bertz CT molecular complexity index is 765. The van der Waals surface area contributed by atoms with Crippen molar-refractivity contribution in [1.82, 2.24) is 9.13 Å². The average Bonchev–Trinajstić information content (AvgIpc) is 2.40. The first-order valence-electron chi connectivity index (χ1n) is 5.74. The first-order valence-corrected chi connectivity index (χ1v) is 5.74. The van der Waals surface area contributed by atoms with Gasteiger partial charge in [0.1, 0.15) is 12.4 Å². The summed E-state index contributed by atoms with van der Waals surface area (Å²) >= 11 is 0. The van der Waals surface area contributed by atoms with Crippen molar-refractivity contribution in [2.75, 3.05) is 0 Å². The van der Waals surface area contributed by atoms with Crippen LogP contribution in [0.1, 0.15) is 5.69 Å². The molecule has 0 spiro atoms. The Balaban J connectivity index is 2.28.